The van der Waals surface area contributed by atoms with Gasteiger partial charge < -0.3 is 4.90 Å². The van der Waals surface area contributed by atoms with Crippen molar-refractivity contribution in [2.75, 3.05) is 33.2 Å². The van der Waals surface area contributed by atoms with Gasteiger partial charge in [0.1, 0.15) is 11.0 Å². The van der Waals surface area contributed by atoms with Crippen LogP contribution in [0.15, 0.2) is 0 Å². The molecule has 4 bridgehead atoms. The van der Waals surface area contributed by atoms with E-state index in [1.807, 2.05) is 0 Å². The zero-order valence-corrected chi connectivity index (χ0v) is 12.9. The van der Waals surface area contributed by atoms with Crippen molar-refractivity contribution in [3.63, 3.8) is 0 Å². The van der Waals surface area contributed by atoms with Gasteiger partial charge in [0.2, 0.25) is 0 Å². The van der Waals surface area contributed by atoms with Crippen LogP contribution in [0.1, 0.15) is 38.5 Å². The van der Waals surface area contributed by atoms with Crippen LogP contribution in [0.4, 0.5) is 0 Å². The van der Waals surface area contributed by atoms with Gasteiger partial charge in [-0.1, -0.05) is 0 Å². The third-order valence-electron chi connectivity index (χ3n) is 6.16. The molecule has 1 aliphatic heterocycles. The number of likely N-dealkylation sites (N-methyl/N-ethyl adjacent to an activating group) is 1. The number of nitrogens with one attached hydrogen (secondary N) is 1. The summed E-state index contributed by atoms with van der Waals surface area (Å²) in [4.78, 5) is 1.60. The molecule has 3 nitrogen and oxygen atoms in total. The van der Waals surface area contributed by atoms with Crippen LogP contribution in [0.5, 0.6) is 0 Å². The maximum absolute atomic E-state index is 13.2. The molecule has 0 amide bonds. The van der Waals surface area contributed by atoms with Gasteiger partial charge in [0.15, 0.2) is 0 Å². The summed E-state index contributed by atoms with van der Waals surface area (Å²) in [6.45, 7) is 4.41. The van der Waals surface area contributed by atoms with E-state index in [4.69, 9.17) is 0 Å². The number of quaternary nitrogens is 1. The van der Waals surface area contributed by atoms with Crippen molar-refractivity contribution >= 4 is 11.0 Å². The van der Waals surface area contributed by atoms with Crippen LogP contribution >= 0.6 is 0 Å². The van der Waals surface area contributed by atoms with Crippen molar-refractivity contribution in [1.82, 2.24) is 4.31 Å². The van der Waals surface area contributed by atoms with Crippen LogP contribution in [0.3, 0.4) is 0 Å². The quantitative estimate of drug-likeness (QED) is 0.782. The lowest BCUT2D eigenvalue weighted by atomic mass is 9.56. The van der Waals surface area contributed by atoms with Gasteiger partial charge in [-0.25, -0.2) is 8.51 Å². The van der Waals surface area contributed by atoms with Gasteiger partial charge in [-0.3, -0.25) is 0 Å². The van der Waals surface area contributed by atoms with Crippen LogP contribution in [0.25, 0.3) is 0 Å². The van der Waals surface area contributed by atoms with Gasteiger partial charge in [-0.05, 0) is 56.3 Å². The van der Waals surface area contributed by atoms with Crippen molar-refractivity contribution in [3.05, 3.63) is 0 Å². The van der Waals surface area contributed by atoms with Crippen LogP contribution in [0, 0.1) is 17.8 Å². The first-order valence-corrected chi connectivity index (χ1v) is 9.23. The van der Waals surface area contributed by atoms with Crippen molar-refractivity contribution in [1.29, 1.82) is 0 Å². The Morgan fingerprint density at radius 1 is 1.00 bits per heavy atom. The normalized spacial score (nSPS) is 48.6. The molecule has 4 saturated carbocycles. The minimum absolute atomic E-state index is 0.194. The summed E-state index contributed by atoms with van der Waals surface area (Å²) in [5.41, 5.74) is 0. The Hall–Kier alpha value is 0.0700. The predicted molar refractivity (Wildman–Crippen MR) is 77.2 cm³/mol. The highest BCUT2D eigenvalue weighted by molar-refractivity contribution is 7.84. The smallest absolute Gasteiger partial charge is 0.101 e. The molecule has 1 N–H and O–H groups in total. The Balaban J connectivity index is 1.53. The van der Waals surface area contributed by atoms with Crippen LogP contribution in [-0.2, 0) is 11.0 Å². The van der Waals surface area contributed by atoms with Crippen LogP contribution in [0.2, 0.25) is 0 Å². The van der Waals surface area contributed by atoms with E-state index in [9.17, 15) is 4.21 Å². The lowest BCUT2D eigenvalue weighted by molar-refractivity contribution is -0.883. The first kappa shape index (κ1) is 12.8. The maximum atomic E-state index is 13.2. The molecule has 4 aliphatic carbocycles. The van der Waals surface area contributed by atoms with Crippen molar-refractivity contribution in [2.24, 2.45) is 17.8 Å². The molecule has 108 valence electrons. The first-order valence-electron chi connectivity index (χ1n) is 8.13. The van der Waals surface area contributed by atoms with Crippen LogP contribution in [-0.4, -0.2) is 46.5 Å². The molecular formula is C15H27N2OS+. The number of nitrogens with zero attached hydrogens (tertiary/aromatic N) is 1. The van der Waals surface area contributed by atoms with Crippen molar-refractivity contribution in [3.8, 4) is 0 Å². The lowest BCUT2D eigenvalue weighted by Gasteiger charge is -2.56. The molecule has 0 radical (unpaired) electrons. The second-order valence-corrected chi connectivity index (χ2v) is 9.62. The van der Waals surface area contributed by atoms with Gasteiger partial charge in [0, 0.05) is 0 Å². The number of piperazine rings is 1. The third-order valence-corrected chi connectivity index (χ3v) is 8.24. The zero-order valence-electron chi connectivity index (χ0n) is 12.1. The maximum Gasteiger partial charge on any atom is 0.101 e. The standard InChI is InChI=1S/C15H26N2OS/c1-16-2-4-17(5-3-16)19(18)15-9-12-6-13(10-15)8-14(7-12)11-15/h12-14H,2-11H2,1H3/p+1/t12?,13?,14?,15?,19-/m1/s1. The Labute approximate surface area is 119 Å². The molecule has 5 aliphatic rings. The molecule has 5 rings (SSSR count). The molecule has 5 fully saturated rings. The first-order chi connectivity index (χ1) is 9.14. The van der Waals surface area contributed by atoms with E-state index < -0.39 is 11.0 Å². The summed E-state index contributed by atoms with van der Waals surface area (Å²) < 4.78 is 15.7. The summed E-state index contributed by atoms with van der Waals surface area (Å²) >= 11 is 0. The number of hydrogen-bond donors (Lipinski definition) is 1. The van der Waals surface area contributed by atoms with E-state index in [0.29, 0.717) is 0 Å². The third kappa shape index (κ3) is 2.11. The fourth-order valence-corrected chi connectivity index (χ4v) is 7.75. The molecule has 0 spiro atoms. The average molecular weight is 283 g/mol. The minimum Gasteiger partial charge on any atom is -0.335 e. The van der Waals surface area contributed by atoms with E-state index >= 15 is 0 Å². The van der Waals surface area contributed by atoms with Crippen molar-refractivity contribution < 1.29 is 9.11 Å². The lowest BCUT2D eigenvalue weighted by Crippen LogP contribution is -3.12. The average Bonchev–Trinajstić information content (AvgIpc) is 2.37. The van der Waals surface area contributed by atoms with Gasteiger partial charge in [-0.2, -0.15) is 0 Å². The Kier molecular flexibility index (Phi) is 3.05. The predicted octanol–water partition coefficient (Wildman–Crippen LogP) is 0.449. The molecule has 0 aromatic carbocycles. The molecule has 1 atom stereocenters. The molecule has 1 heterocycles. The minimum atomic E-state index is -0.706. The second kappa shape index (κ2) is 4.54. The van der Waals surface area contributed by atoms with E-state index in [1.165, 1.54) is 38.5 Å². The zero-order chi connectivity index (χ0) is 13.0. The molecular weight excluding hydrogens is 256 g/mol. The topological polar surface area (TPSA) is 24.8 Å². The fraction of sp³-hybridized carbons (Fsp3) is 1.00. The second-order valence-electron chi connectivity index (χ2n) is 7.74. The van der Waals surface area contributed by atoms with Gasteiger partial charge in [0.25, 0.3) is 0 Å². The SMILES string of the molecule is C[NH+]1CCN([S@](=O)C23CC4CC(CC(C4)C2)C3)CC1. The molecule has 0 aromatic rings. The molecule has 0 unspecified atom stereocenters. The largest absolute Gasteiger partial charge is 0.335 e. The Morgan fingerprint density at radius 2 is 1.47 bits per heavy atom. The monoisotopic (exact) mass is 283 g/mol. The highest BCUT2D eigenvalue weighted by Crippen LogP contribution is 2.58. The Morgan fingerprint density at radius 3 is 1.95 bits per heavy atom. The van der Waals surface area contributed by atoms with Gasteiger partial charge in [0.05, 0.1) is 38.0 Å². The molecule has 4 heteroatoms. The number of hydrogen-bond acceptors (Lipinski definition) is 1. The van der Waals surface area contributed by atoms with Crippen molar-refractivity contribution in [2.45, 2.75) is 43.3 Å². The Bertz CT molecular complexity index is 354. The van der Waals surface area contributed by atoms with E-state index in [1.54, 1.807) is 4.90 Å². The van der Waals surface area contributed by atoms with Crippen LogP contribution < -0.4 is 4.90 Å². The van der Waals surface area contributed by atoms with E-state index in [-0.39, 0.29) is 4.75 Å². The number of rotatable bonds is 2. The molecule has 19 heavy (non-hydrogen) atoms. The fourth-order valence-electron chi connectivity index (χ4n) is 5.55. The summed E-state index contributed by atoms with van der Waals surface area (Å²) in [6, 6.07) is 0. The molecule has 0 aromatic heterocycles. The van der Waals surface area contributed by atoms with E-state index in [0.717, 1.165) is 43.9 Å². The van der Waals surface area contributed by atoms with Gasteiger partial charge >= 0.3 is 0 Å². The highest BCUT2D eigenvalue weighted by Gasteiger charge is 2.55. The highest BCUT2D eigenvalue weighted by atomic mass is 32.2. The summed E-state index contributed by atoms with van der Waals surface area (Å²) in [7, 11) is 1.55. The summed E-state index contributed by atoms with van der Waals surface area (Å²) in [5, 5.41) is 0. The molecule has 1 saturated heterocycles. The van der Waals surface area contributed by atoms with E-state index in [2.05, 4.69) is 11.4 Å². The van der Waals surface area contributed by atoms with Gasteiger partial charge in [-0.15, -0.1) is 0 Å². The summed E-state index contributed by atoms with van der Waals surface area (Å²) in [6.07, 6.45) is 8.15. The summed E-state index contributed by atoms with van der Waals surface area (Å²) in [5.74, 6) is 2.73.